The fourth-order valence-electron chi connectivity index (χ4n) is 10.8. The molecule has 10 aromatic carbocycles. The molecule has 0 unspecified atom stereocenters. The summed E-state index contributed by atoms with van der Waals surface area (Å²) in [6.07, 6.45) is 0.897. The van der Waals surface area contributed by atoms with E-state index in [4.69, 9.17) is 4.42 Å². The first kappa shape index (κ1) is 31.7. The third kappa shape index (κ3) is 4.21. The first-order valence-electron chi connectivity index (χ1n) is 20.2. The fourth-order valence-corrected chi connectivity index (χ4v) is 10.8. The molecule has 0 aliphatic heterocycles. The van der Waals surface area contributed by atoms with Gasteiger partial charge in [0.1, 0.15) is 11.2 Å². The number of rotatable bonds is 4. The van der Waals surface area contributed by atoms with Crippen LogP contribution in [0.15, 0.2) is 205 Å². The zero-order valence-electron chi connectivity index (χ0n) is 31.6. The smallest absolute Gasteiger partial charge is 0.137 e. The van der Waals surface area contributed by atoms with Crippen molar-refractivity contribution in [2.24, 2.45) is 0 Å². The van der Waals surface area contributed by atoms with E-state index in [0.29, 0.717) is 0 Å². The van der Waals surface area contributed by atoms with E-state index in [2.05, 4.69) is 193 Å². The Morgan fingerprint density at radius 2 is 0.966 bits per heavy atom. The van der Waals surface area contributed by atoms with Gasteiger partial charge in [-0.3, -0.25) is 0 Å². The molecule has 0 atom stereocenters. The van der Waals surface area contributed by atoms with Crippen LogP contribution in [0.1, 0.15) is 33.4 Å². The molecule has 0 N–H and O–H groups in total. The van der Waals surface area contributed by atoms with E-state index in [1.54, 1.807) is 0 Å². The Labute approximate surface area is 335 Å². The van der Waals surface area contributed by atoms with Gasteiger partial charge in [0.15, 0.2) is 0 Å². The zero-order chi connectivity index (χ0) is 38.0. The van der Waals surface area contributed by atoms with Crippen molar-refractivity contribution in [2.75, 3.05) is 4.90 Å². The van der Waals surface area contributed by atoms with E-state index in [1.165, 1.54) is 76.8 Å². The van der Waals surface area contributed by atoms with Crippen molar-refractivity contribution in [3.05, 3.63) is 234 Å². The molecule has 0 saturated heterocycles. The number of hydrogen-bond acceptors (Lipinski definition) is 2. The summed E-state index contributed by atoms with van der Waals surface area (Å²) in [5.41, 5.74) is 15.3. The van der Waals surface area contributed by atoms with Crippen LogP contribution in [-0.4, -0.2) is 0 Å². The molecule has 11 aromatic rings. The predicted octanol–water partition coefficient (Wildman–Crippen LogP) is 14.8. The summed E-state index contributed by atoms with van der Waals surface area (Å²) in [5.74, 6) is 0. The maximum Gasteiger partial charge on any atom is 0.137 e. The van der Waals surface area contributed by atoms with Crippen LogP contribution in [0, 0.1) is 0 Å². The van der Waals surface area contributed by atoms with Gasteiger partial charge >= 0.3 is 0 Å². The lowest BCUT2D eigenvalue weighted by molar-refractivity contribution is 0.669. The van der Waals surface area contributed by atoms with Gasteiger partial charge in [-0.1, -0.05) is 152 Å². The monoisotopic (exact) mass is 737 g/mol. The molecule has 1 heterocycles. The number of nitrogens with zero attached hydrogens (tertiary/aromatic N) is 1. The van der Waals surface area contributed by atoms with Crippen LogP contribution >= 0.6 is 0 Å². The quantitative estimate of drug-likeness (QED) is 0.179. The SMILES string of the molecule is c1ccc(N(c2cccc(-c3ccc4cccc5c4c3C53c4cccc5cccc(c45)Cc4cccc5cccc3c45)c2)c2ccc3c(c2)oc2ccccc23)cc1. The molecule has 58 heavy (non-hydrogen) atoms. The highest BCUT2D eigenvalue weighted by atomic mass is 16.3. The molecule has 2 nitrogen and oxygen atoms in total. The second kappa shape index (κ2) is 11.8. The van der Waals surface area contributed by atoms with Crippen molar-refractivity contribution in [1.82, 2.24) is 0 Å². The summed E-state index contributed by atoms with van der Waals surface area (Å²) in [7, 11) is 0. The Kier molecular flexibility index (Phi) is 6.46. The van der Waals surface area contributed by atoms with E-state index in [9.17, 15) is 0 Å². The van der Waals surface area contributed by atoms with E-state index in [1.807, 2.05) is 12.1 Å². The number of anilines is 3. The van der Waals surface area contributed by atoms with Gasteiger partial charge in [-0.05, 0) is 126 Å². The summed E-state index contributed by atoms with van der Waals surface area (Å²) in [4.78, 5) is 2.35. The topological polar surface area (TPSA) is 16.4 Å². The Bertz CT molecular complexity index is 3410. The zero-order valence-corrected chi connectivity index (χ0v) is 31.6. The van der Waals surface area contributed by atoms with Crippen molar-refractivity contribution in [3.8, 4) is 11.1 Å². The maximum atomic E-state index is 6.42. The maximum absolute atomic E-state index is 6.42. The molecule has 0 amide bonds. The minimum Gasteiger partial charge on any atom is -0.456 e. The van der Waals surface area contributed by atoms with E-state index in [-0.39, 0.29) is 0 Å². The molecule has 2 aliphatic carbocycles. The van der Waals surface area contributed by atoms with Gasteiger partial charge in [0.25, 0.3) is 0 Å². The molecule has 0 fully saturated rings. The van der Waals surface area contributed by atoms with Crippen molar-refractivity contribution in [2.45, 2.75) is 11.8 Å². The third-order valence-corrected chi connectivity index (χ3v) is 13.0. The molecule has 0 saturated carbocycles. The lowest BCUT2D eigenvalue weighted by Crippen LogP contribution is -2.39. The van der Waals surface area contributed by atoms with Gasteiger partial charge in [-0.2, -0.15) is 0 Å². The first-order valence-corrected chi connectivity index (χ1v) is 20.2. The summed E-state index contributed by atoms with van der Waals surface area (Å²) in [5, 5.41) is 10.2. The number of fused-ring (bicyclic) bond motifs is 7. The molecule has 2 aliphatic rings. The van der Waals surface area contributed by atoms with Gasteiger partial charge in [-0.15, -0.1) is 0 Å². The summed E-state index contributed by atoms with van der Waals surface area (Å²) < 4.78 is 6.42. The molecule has 1 spiro atoms. The van der Waals surface area contributed by atoms with Gasteiger partial charge in [0.05, 0.1) is 5.41 Å². The highest BCUT2D eigenvalue weighted by Gasteiger charge is 2.51. The van der Waals surface area contributed by atoms with E-state index >= 15 is 0 Å². The normalized spacial score (nSPS) is 13.6. The number of furan rings is 1. The van der Waals surface area contributed by atoms with Gasteiger partial charge in [0.2, 0.25) is 0 Å². The minimum atomic E-state index is -0.488. The third-order valence-electron chi connectivity index (χ3n) is 13.0. The minimum absolute atomic E-state index is 0.488. The van der Waals surface area contributed by atoms with E-state index < -0.39 is 5.41 Å². The molecular formula is C56H35NO. The Hall–Kier alpha value is -7.42. The molecule has 270 valence electrons. The van der Waals surface area contributed by atoms with Crippen molar-refractivity contribution in [3.63, 3.8) is 0 Å². The van der Waals surface area contributed by atoms with Crippen LogP contribution in [0.25, 0.3) is 65.4 Å². The highest BCUT2D eigenvalue weighted by Crippen LogP contribution is 2.63. The number of benzene rings is 10. The van der Waals surface area contributed by atoms with Gasteiger partial charge in [0, 0.05) is 33.9 Å². The van der Waals surface area contributed by atoms with Crippen molar-refractivity contribution in [1.29, 1.82) is 0 Å². The lowest BCUT2D eigenvalue weighted by Gasteiger charge is -2.48. The predicted molar refractivity (Wildman–Crippen MR) is 241 cm³/mol. The summed E-state index contributed by atoms with van der Waals surface area (Å²) in [6, 6.07) is 74.1. The fraction of sp³-hybridized carbons (Fsp3) is 0.0357. The molecule has 2 heteroatoms. The average molecular weight is 738 g/mol. The molecular weight excluding hydrogens is 703 g/mol. The highest BCUT2D eigenvalue weighted by molar-refractivity contribution is 6.11. The largest absolute Gasteiger partial charge is 0.456 e. The standard InChI is InChI=1S/C56H35NO/c1-2-20-41(21-3-1)57(43-29-31-46-45-23-4-5-27-50(45)58-51(46)34-43)42-22-8-17-38(33-42)44-30-28-37-16-11-26-49-54(37)55(44)56(49)47-24-9-14-35-12-6-18-39(52(35)47)32-40-19-7-13-36-15-10-25-48(56)53(36)40/h1-31,33-34H,32H2. The lowest BCUT2D eigenvalue weighted by atomic mass is 9.52. The Balaban J connectivity index is 1.09. The van der Waals surface area contributed by atoms with Crippen LogP contribution in [-0.2, 0) is 11.8 Å². The molecule has 0 radical (unpaired) electrons. The summed E-state index contributed by atoms with van der Waals surface area (Å²) >= 11 is 0. The first-order chi connectivity index (χ1) is 28.8. The number of hydrogen-bond donors (Lipinski definition) is 0. The van der Waals surface area contributed by atoms with Gasteiger partial charge in [-0.25, -0.2) is 0 Å². The molecule has 1 aromatic heterocycles. The summed E-state index contributed by atoms with van der Waals surface area (Å²) in [6.45, 7) is 0. The van der Waals surface area contributed by atoms with Crippen LogP contribution in [0.2, 0.25) is 0 Å². The van der Waals surface area contributed by atoms with Crippen LogP contribution in [0.4, 0.5) is 17.1 Å². The second-order valence-corrected chi connectivity index (χ2v) is 16.0. The Morgan fingerprint density at radius 3 is 1.69 bits per heavy atom. The second-order valence-electron chi connectivity index (χ2n) is 16.0. The van der Waals surface area contributed by atoms with Crippen LogP contribution < -0.4 is 4.90 Å². The average Bonchev–Trinajstić information content (AvgIpc) is 3.64. The van der Waals surface area contributed by atoms with Crippen LogP contribution in [0.5, 0.6) is 0 Å². The Morgan fingerprint density at radius 1 is 0.397 bits per heavy atom. The molecule has 0 bridgehead atoms. The van der Waals surface area contributed by atoms with Crippen LogP contribution in [0.3, 0.4) is 0 Å². The van der Waals surface area contributed by atoms with Gasteiger partial charge < -0.3 is 9.32 Å². The number of para-hydroxylation sites is 2. The van der Waals surface area contributed by atoms with Crippen molar-refractivity contribution < 1.29 is 4.42 Å². The molecule has 13 rings (SSSR count). The van der Waals surface area contributed by atoms with E-state index in [0.717, 1.165) is 45.4 Å². The van der Waals surface area contributed by atoms with Crippen molar-refractivity contribution >= 4 is 71.3 Å².